The van der Waals surface area contributed by atoms with E-state index in [1.54, 1.807) is 60.7 Å². The zero-order chi connectivity index (χ0) is 24.1. The highest BCUT2D eigenvalue weighted by atomic mass is 19.2. The molecule has 0 heterocycles. The summed E-state index contributed by atoms with van der Waals surface area (Å²) in [4.78, 5) is 0. The summed E-state index contributed by atoms with van der Waals surface area (Å²) in [6.45, 7) is 2.33. The van der Waals surface area contributed by atoms with E-state index >= 15 is 0 Å². The van der Waals surface area contributed by atoms with E-state index in [0.717, 1.165) is 5.56 Å². The third kappa shape index (κ3) is 5.01. The fourth-order valence-corrected chi connectivity index (χ4v) is 3.56. The lowest BCUT2D eigenvalue weighted by atomic mass is 10.0. The van der Waals surface area contributed by atoms with Gasteiger partial charge in [-0.2, -0.15) is 4.39 Å². The zero-order valence-corrected chi connectivity index (χ0v) is 18.8. The molecular weight excluding hydrogens is 441 g/mol. The van der Waals surface area contributed by atoms with Gasteiger partial charge in [0.05, 0.1) is 13.7 Å². The van der Waals surface area contributed by atoms with Gasteiger partial charge in [0.2, 0.25) is 5.82 Å². The molecular formula is C28H23F3O3. The summed E-state index contributed by atoms with van der Waals surface area (Å²) in [5.41, 5.74) is 2.52. The molecule has 0 saturated carbocycles. The van der Waals surface area contributed by atoms with Crippen LogP contribution in [0.15, 0.2) is 78.9 Å². The molecule has 0 bridgehead atoms. The number of halogens is 3. The maximum atomic E-state index is 14.7. The zero-order valence-electron chi connectivity index (χ0n) is 18.8. The molecule has 4 rings (SSSR count). The van der Waals surface area contributed by atoms with Gasteiger partial charge < -0.3 is 14.2 Å². The Labute approximate surface area is 196 Å². The van der Waals surface area contributed by atoms with Crippen LogP contribution in [0.2, 0.25) is 0 Å². The van der Waals surface area contributed by atoms with Crippen molar-refractivity contribution in [2.45, 2.75) is 13.5 Å². The lowest BCUT2D eigenvalue weighted by Gasteiger charge is -2.12. The molecule has 174 valence electrons. The number of rotatable bonds is 8. The first-order chi connectivity index (χ1) is 16.5. The van der Waals surface area contributed by atoms with Gasteiger partial charge in [-0.25, -0.2) is 8.78 Å². The molecule has 4 aromatic rings. The smallest absolute Gasteiger partial charge is 0.201 e. The van der Waals surface area contributed by atoms with Crippen molar-refractivity contribution in [3.8, 4) is 39.5 Å². The number of ether oxygens (including phenoxy) is 3. The molecule has 0 amide bonds. The van der Waals surface area contributed by atoms with Gasteiger partial charge in [0, 0.05) is 17.2 Å². The second kappa shape index (κ2) is 10.3. The second-order valence-electron chi connectivity index (χ2n) is 7.53. The maximum Gasteiger partial charge on any atom is 0.201 e. The van der Waals surface area contributed by atoms with Gasteiger partial charge in [-0.05, 0) is 60.0 Å². The van der Waals surface area contributed by atoms with Gasteiger partial charge >= 0.3 is 0 Å². The van der Waals surface area contributed by atoms with Crippen molar-refractivity contribution < 1.29 is 27.4 Å². The van der Waals surface area contributed by atoms with Crippen molar-refractivity contribution in [2.75, 3.05) is 13.7 Å². The van der Waals surface area contributed by atoms with Crippen LogP contribution in [0.5, 0.6) is 17.2 Å². The molecule has 0 unspecified atom stereocenters. The van der Waals surface area contributed by atoms with Gasteiger partial charge in [-0.15, -0.1) is 0 Å². The highest BCUT2D eigenvalue weighted by molar-refractivity contribution is 5.66. The molecule has 0 aromatic heterocycles. The molecule has 0 aliphatic rings. The fraction of sp³-hybridized carbons (Fsp3) is 0.143. The summed E-state index contributed by atoms with van der Waals surface area (Å²) in [5.74, 6) is -1.51. The van der Waals surface area contributed by atoms with Crippen LogP contribution in [0.4, 0.5) is 13.2 Å². The van der Waals surface area contributed by atoms with Crippen LogP contribution >= 0.6 is 0 Å². The summed E-state index contributed by atoms with van der Waals surface area (Å²) < 4.78 is 59.7. The first-order valence-electron chi connectivity index (χ1n) is 10.8. The molecule has 4 aromatic carbocycles. The van der Waals surface area contributed by atoms with Crippen molar-refractivity contribution in [1.29, 1.82) is 0 Å². The van der Waals surface area contributed by atoms with Crippen LogP contribution < -0.4 is 14.2 Å². The van der Waals surface area contributed by atoms with Gasteiger partial charge in [0.15, 0.2) is 11.6 Å². The average Bonchev–Trinajstić information content (AvgIpc) is 2.86. The van der Waals surface area contributed by atoms with Crippen LogP contribution in [0.25, 0.3) is 22.3 Å². The van der Waals surface area contributed by atoms with Crippen molar-refractivity contribution in [3.05, 3.63) is 102 Å². The van der Waals surface area contributed by atoms with Crippen LogP contribution in [-0.2, 0) is 6.61 Å². The molecule has 34 heavy (non-hydrogen) atoms. The first kappa shape index (κ1) is 23.2. The third-order valence-electron chi connectivity index (χ3n) is 5.36. The molecule has 0 atom stereocenters. The molecule has 0 N–H and O–H groups in total. The lowest BCUT2D eigenvalue weighted by Crippen LogP contribution is -2.00. The molecule has 6 heteroatoms. The molecule has 0 saturated heterocycles. The molecule has 0 radical (unpaired) electrons. The van der Waals surface area contributed by atoms with E-state index < -0.39 is 11.6 Å². The van der Waals surface area contributed by atoms with Gasteiger partial charge in [-0.1, -0.05) is 36.4 Å². The Morgan fingerprint density at radius 1 is 0.647 bits per heavy atom. The summed E-state index contributed by atoms with van der Waals surface area (Å²) in [7, 11) is 1.54. The molecule has 0 spiro atoms. The fourth-order valence-electron chi connectivity index (χ4n) is 3.56. The number of benzene rings is 4. The number of methoxy groups -OCH3 is 1. The van der Waals surface area contributed by atoms with Crippen LogP contribution in [-0.4, -0.2) is 13.7 Å². The lowest BCUT2D eigenvalue weighted by molar-refractivity contribution is 0.285. The third-order valence-corrected chi connectivity index (χ3v) is 5.36. The minimum Gasteiger partial charge on any atom is -0.497 e. The Bertz CT molecular complexity index is 1270. The Morgan fingerprint density at radius 2 is 1.26 bits per heavy atom. The van der Waals surface area contributed by atoms with Crippen LogP contribution in [0.3, 0.4) is 0 Å². The van der Waals surface area contributed by atoms with E-state index in [2.05, 4.69) is 0 Å². The summed E-state index contributed by atoms with van der Waals surface area (Å²) in [6, 6.07) is 21.3. The van der Waals surface area contributed by atoms with Crippen LogP contribution in [0, 0.1) is 17.5 Å². The molecule has 3 nitrogen and oxygen atoms in total. The second-order valence-corrected chi connectivity index (χ2v) is 7.53. The predicted molar refractivity (Wildman–Crippen MR) is 126 cm³/mol. The molecule has 0 aliphatic carbocycles. The quantitative estimate of drug-likeness (QED) is 0.272. The topological polar surface area (TPSA) is 27.7 Å². The van der Waals surface area contributed by atoms with E-state index in [4.69, 9.17) is 14.2 Å². The monoisotopic (exact) mass is 464 g/mol. The minimum atomic E-state index is -1.05. The Morgan fingerprint density at radius 3 is 1.91 bits per heavy atom. The molecule has 0 fully saturated rings. The predicted octanol–water partition coefficient (Wildman–Crippen LogP) is 7.42. The Hall–Kier alpha value is -3.93. The summed E-state index contributed by atoms with van der Waals surface area (Å²) in [5, 5.41) is 0. The highest BCUT2D eigenvalue weighted by Gasteiger charge is 2.16. The normalized spacial score (nSPS) is 10.7. The maximum absolute atomic E-state index is 14.7. The van der Waals surface area contributed by atoms with E-state index in [-0.39, 0.29) is 23.7 Å². The highest BCUT2D eigenvalue weighted by Crippen LogP contribution is 2.31. The summed E-state index contributed by atoms with van der Waals surface area (Å²) >= 11 is 0. The summed E-state index contributed by atoms with van der Waals surface area (Å²) in [6.07, 6.45) is 0. The Balaban J connectivity index is 1.46. The van der Waals surface area contributed by atoms with Gasteiger partial charge in [0.25, 0.3) is 0 Å². The first-order valence-corrected chi connectivity index (χ1v) is 10.8. The number of hydrogen-bond donors (Lipinski definition) is 0. The average molecular weight is 464 g/mol. The van der Waals surface area contributed by atoms with E-state index in [0.29, 0.717) is 34.8 Å². The minimum absolute atomic E-state index is 0.0320. The van der Waals surface area contributed by atoms with Crippen molar-refractivity contribution in [2.24, 2.45) is 0 Å². The van der Waals surface area contributed by atoms with E-state index in [9.17, 15) is 13.2 Å². The SMILES string of the molecule is CCOc1ccc(-c2ccc(COc3ccc(-c4ccc(OC)cc4)c(F)c3F)cc2)c(F)c1. The van der Waals surface area contributed by atoms with E-state index in [1.807, 2.05) is 6.92 Å². The van der Waals surface area contributed by atoms with Gasteiger partial charge in [-0.3, -0.25) is 0 Å². The standard InChI is InChI=1S/C28H23F3O3/c1-3-33-22-12-13-23(25(29)16-22)19-6-4-18(5-7-19)17-34-26-15-14-24(27(30)28(26)31)20-8-10-21(32-2)11-9-20/h4-16H,3,17H2,1-2H3. The largest absolute Gasteiger partial charge is 0.497 e. The number of hydrogen-bond acceptors (Lipinski definition) is 3. The van der Waals surface area contributed by atoms with E-state index in [1.165, 1.54) is 25.3 Å². The van der Waals surface area contributed by atoms with Crippen molar-refractivity contribution in [1.82, 2.24) is 0 Å². The van der Waals surface area contributed by atoms with Crippen LogP contribution in [0.1, 0.15) is 12.5 Å². The van der Waals surface area contributed by atoms with Crippen molar-refractivity contribution in [3.63, 3.8) is 0 Å². The molecule has 0 aliphatic heterocycles. The van der Waals surface area contributed by atoms with Crippen molar-refractivity contribution >= 4 is 0 Å². The van der Waals surface area contributed by atoms with Gasteiger partial charge in [0.1, 0.15) is 23.9 Å². The Kier molecular flexibility index (Phi) is 7.07.